The van der Waals surface area contributed by atoms with Crippen molar-refractivity contribution >= 4 is 6.09 Å². The molecule has 0 aromatic rings. The van der Waals surface area contributed by atoms with Gasteiger partial charge in [0.2, 0.25) is 0 Å². The molecule has 3 aliphatic rings. The fourth-order valence-corrected chi connectivity index (χ4v) is 3.11. The Hall–Kier alpha value is -3.29. The van der Waals surface area contributed by atoms with E-state index in [-0.39, 0.29) is 0 Å². The van der Waals surface area contributed by atoms with Gasteiger partial charge in [0, 0.05) is 12.1 Å². The zero-order valence-corrected chi connectivity index (χ0v) is 11.9. The average molecular weight is 293 g/mol. The zero-order chi connectivity index (χ0) is 16.5. The molecule has 0 aromatic carbocycles. The van der Waals surface area contributed by atoms with Gasteiger partial charge in [-0.25, -0.2) is 4.79 Å². The molecule has 0 saturated carbocycles. The highest BCUT2D eigenvalue weighted by molar-refractivity contribution is 5.71. The Morgan fingerprint density at radius 3 is 2.18 bits per heavy atom. The number of nitrogens with zero attached hydrogens (tertiary/aromatic N) is 5. The molecule has 2 aliphatic heterocycles. The number of ether oxygens (including phenoxy) is 1. The van der Waals surface area contributed by atoms with Gasteiger partial charge in [0.15, 0.2) is 10.8 Å². The van der Waals surface area contributed by atoms with E-state index in [2.05, 4.69) is 4.74 Å². The molecule has 0 saturated heterocycles. The number of carbonyl (C=O) groups is 1. The van der Waals surface area contributed by atoms with Crippen LogP contribution >= 0.6 is 0 Å². The van der Waals surface area contributed by atoms with Crippen LogP contribution in [0.3, 0.4) is 0 Å². The second-order valence-corrected chi connectivity index (χ2v) is 5.12. The predicted octanol–water partition coefficient (Wildman–Crippen LogP) is 1.59. The van der Waals surface area contributed by atoms with Crippen LogP contribution < -0.4 is 0 Å². The number of hydrogen-bond acceptors (Lipinski definition) is 6. The van der Waals surface area contributed by atoms with Gasteiger partial charge in [0.25, 0.3) is 0 Å². The van der Waals surface area contributed by atoms with Gasteiger partial charge in [-0.05, 0) is 6.92 Å². The lowest BCUT2D eigenvalue weighted by Crippen LogP contribution is -2.57. The Balaban J connectivity index is 2.86. The van der Waals surface area contributed by atoms with Crippen LogP contribution in [0, 0.1) is 62.1 Å². The van der Waals surface area contributed by atoms with Gasteiger partial charge >= 0.3 is 6.09 Å². The molecule has 7 heteroatoms. The largest absolute Gasteiger partial charge is 0.452 e. The molecule has 7 nitrogen and oxygen atoms in total. The number of allylic oxidation sites excluding steroid dienone is 2. The standard InChI is InChI=1S/C15H11N5O2/c1-10-5-12-15(8-18,9-19)14(6-16,7-17)11(10)3-4-20(12)13(21)22-2/h3-5,11-12H,1-2H3/t11-,12-/m1/s1. The van der Waals surface area contributed by atoms with Crippen LogP contribution in [0.1, 0.15) is 6.92 Å². The highest BCUT2D eigenvalue weighted by Crippen LogP contribution is 2.56. The molecule has 1 aliphatic carbocycles. The molecule has 1 amide bonds. The van der Waals surface area contributed by atoms with E-state index in [0.717, 1.165) is 4.90 Å². The van der Waals surface area contributed by atoms with Gasteiger partial charge < -0.3 is 4.74 Å². The van der Waals surface area contributed by atoms with Gasteiger partial charge in [0.1, 0.15) is 0 Å². The first kappa shape index (κ1) is 15.1. The molecule has 108 valence electrons. The Morgan fingerprint density at radius 1 is 1.18 bits per heavy atom. The summed E-state index contributed by atoms with van der Waals surface area (Å²) in [5.74, 6) is -0.757. The smallest absolute Gasteiger partial charge is 0.414 e. The van der Waals surface area contributed by atoms with Crippen molar-refractivity contribution in [3.63, 3.8) is 0 Å². The number of hydrogen-bond donors (Lipinski definition) is 0. The van der Waals surface area contributed by atoms with Crippen molar-refractivity contribution in [1.29, 1.82) is 21.0 Å². The van der Waals surface area contributed by atoms with Crippen molar-refractivity contribution in [3.05, 3.63) is 23.9 Å². The van der Waals surface area contributed by atoms with Gasteiger partial charge in [-0.3, -0.25) is 4.90 Å². The highest BCUT2D eigenvalue weighted by Gasteiger charge is 2.67. The molecule has 3 rings (SSSR count). The van der Waals surface area contributed by atoms with E-state index in [1.807, 2.05) is 24.3 Å². The minimum Gasteiger partial charge on any atom is -0.452 e. The van der Waals surface area contributed by atoms with E-state index in [1.54, 1.807) is 13.0 Å². The number of fused-ring (bicyclic) bond motifs is 2. The number of methoxy groups -OCH3 is 1. The van der Waals surface area contributed by atoms with Gasteiger partial charge in [-0.15, -0.1) is 0 Å². The molecule has 22 heavy (non-hydrogen) atoms. The minimum atomic E-state index is -2.02. The van der Waals surface area contributed by atoms with Crippen LogP contribution in [0.15, 0.2) is 23.9 Å². The predicted molar refractivity (Wildman–Crippen MR) is 71.7 cm³/mol. The van der Waals surface area contributed by atoms with Crippen LogP contribution in [0.4, 0.5) is 4.79 Å². The monoisotopic (exact) mass is 293 g/mol. The summed E-state index contributed by atoms with van der Waals surface area (Å²) < 4.78 is 4.67. The van der Waals surface area contributed by atoms with Crippen LogP contribution in [0.5, 0.6) is 0 Å². The Morgan fingerprint density at radius 2 is 1.73 bits per heavy atom. The maximum atomic E-state index is 12.0. The first-order valence-corrected chi connectivity index (χ1v) is 6.36. The third kappa shape index (κ3) is 1.48. The van der Waals surface area contributed by atoms with Crippen LogP contribution in [-0.4, -0.2) is 24.1 Å². The van der Waals surface area contributed by atoms with E-state index in [0.29, 0.717) is 5.57 Å². The zero-order valence-electron chi connectivity index (χ0n) is 11.9. The third-order valence-electron chi connectivity index (χ3n) is 4.27. The number of nitriles is 4. The molecule has 2 atom stereocenters. The maximum Gasteiger partial charge on any atom is 0.414 e. The summed E-state index contributed by atoms with van der Waals surface area (Å²) >= 11 is 0. The van der Waals surface area contributed by atoms with E-state index in [1.165, 1.54) is 19.4 Å². The van der Waals surface area contributed by atoms with Crippen molar-refractivity contribution < 1.29 is 9.53 Å². The summed E-state index contributed by atoms with van der Waals surface area (Å²) in [5.41, 5.74) is -3.27. The van der Waals surface area contributed by atoms with Crippen molar-refractivity contribution in [2.24, 2.45) is 16.7 Å². The molecule has 0 aromatic heterocycles. The molecule has 0 N–H and O–H groups in total. The maximum absolute atomic E-state index is 12.0. The van der Waals surface area contributed by atoms with E-state index in [9.17, 15) is 25.8 Å². The van der Waals surface area contributed by atoms with Crippen molar-refractivity contribution in [2.45, 2.75) is 13.0 Å². The summed E-state index contributed by atoms with van der Waals surface area (Å²) in [5, 5.41) is 38.5. The van der Waals surface area contributed by atoms with Crippen LogP contribution in [-0.2, 0) is 4.74 Å². The average Bonchev–Trinajstić information content (AvgIpc) is 2.79. The molecule has 0 radical (unpaired) electrons. The SMILES string of the molecule is COC(=O)N1C=C[C@@H]2C(C)=C[C@@H]1C(C#N)(C#N)C2(C#N)C#N. The van der Waals surface area contributed by atoms with Crippen LogP contribution in [0.25, 0.3) is 0 Å². The quantitative estimate of drug-likeness (QED) is 0.624. The van der Waals surface area contributed by atoms with Gasteiger partial charge in [-0.1, -0.05) is 17.7 Å². The Kier molecular flexibility index (Phi) is 3.38. The Labute approximate surface area is 127 Å². The fourth-order valence-electron chi connectivity index (χ4n) is 3.11. The van der Waals surface area contributed by atoms with Gasteiger partial charge in [0.05, 0.1) is 37.4 Å². The molecule has 2 heterocycles. The lowest BCUT2D eigenvalue weighted by atomic mass is 9.52. The molecule has 0 unspecified atom stereocenters. The summed E-state index contributed by atoms with van der Waals surface area (Å²) in [6, 6.07) is 6.29. The summed E-state index contributed by atoms with van der Waals surface area (Å²) in [7, 11) is 1.17. The molecular formula is C15H11N5O2. The summed E-state index contributed by atoms with van der Waals surface area (Å²) in [6.07, 6.45) is 3.66. The van der Waals surface area contributed by atoms with Crippen molar-refractivity contribution in [1.82, 2.24) is 4.90 Å². The van der Waals surface area contributed by atoms with Crippen LogP contribution in [0.2, 0.25) is 0 Å². The second kappa shape index (κ2) is 4.92. The molecule has 0 fully saturated rings. The third-order valence-corrected chi connectivity index (χ3v) is 4.27. The molecular weight excluding hydrogens is 282 g/mol. The van der Waals surface area contributed by atoms with Crippen molar-refractivity contribution in [2.75, 3.05) is 7.11 Å². The minimum absolute atomic E-state index is 0.650. The first-order valence-electron chi connectivity index (χ1n) is 6.36. The fraction of sp³-hybridized carbons (Fsp3) is 0.400. The number of carbonyl (C=O) groups excluding carboxylic acids is 1. The highest BCUT2D eigenvalue weighted by atomic mass is 16.5. The van der Waals surface area contributed by atoms with Gasteiger partial charge in [-0.2, -0.15) is 21.0 Å². The summed E-state index contributed by atoms with van der Waals surface area (Å²) in [6.45, 7) is 1.70. The van der Waals surface area contributed by atoms with E-state index < -0.39 is 28.9 Å². The topological polar surface area (TPSA) is 125 Å². The lowest BCUT2D eigenvalue weighted by Gasteiger charge is -2.44. The normalized spacial score (nSPS) is 26.5. The van der Waals surface area contributed by atoms with E-state index >= 15 is 0 Å². The van der Waals surface area contributed by atoms with E-state index in [4.69, 9.17) is 0 Å². The first-order chi connectivity index (χ1) is 10.5. The molecule has 2 bridgehead atoms. The summed E-state index contributed by atoms with van der Waals surface area (Å²) in [4.78, 5) is 13.0. The van der Waals surface area contributed by atoms with Crippen molar-refractivity contribution in [3.8, 4) is 24.3 Å². The Bertz CT molecular complexity index is 725. The number of amides is 1. The lowest BCUT2D eigenvalue weighted by molar-refractivity contribution is 0.0987. The molecule has 0 spiro atoms. The number of rotatable bonds is 0. The second-order valence-electron chi connectivity index (χ2n) is 5.12.